The van der Waals surface area contributed by atoms with Gasteiger partial charge in [-0.2, -0.15) is 0 Å². The fourth-order valence-electron chi connectivity index (χ4n) is 9.86. The Bertz CT molecular complexity index is 2420. The first kappa shape index (κ1) is 95.2. The van der Waals surface area contributed by atoms with Gasteiger partial charge in [0.2, 0.25) is 0 Å². The molecule has 0 saturated heterocycles. The number of aliphatic hydroxyl groups is 1. The smallest absolute Gasteiger partial charge is 0.462 e. The maximum atomic E-state index is 13.1. The number of unbranched alkanes of at least 4 members (excludes halogenated alkanes) is 23. The molecule has 3 N–H and O–H groups in total. The van der Waals surface area contributed by atoms with E-state index in [0.717, 1.165) is 135 Å². The Morgan fingerprint density at radius 1 is 0.290 bits per heavy atom. The van der Waals surface area contributed by atoms with E-state index < -0.39 is 97.5 Å². The molecule has 0 aliphatic carbocycles. The number of hydrogen-bond donors (Lipinski definition) is 3. The molecule has 0 saturated carbocycles. The van der Waals surface area contributed by atoms with E-state index in [2.05, 4.69) is 143 Å². The number of phosphoric acid groups is 2. The van der Waals surface area contributed by atoms with Crippen LogP contribution in [0.2, 0.25) is 0 Å². The summed E-state index contributed by atoms with van der Waals surface area (Å²) in [6, 6.07) is 0. The summed E-state index contributed by atoms with van der Waals surface area (Å²) < 4.78 is 68.3. The molecular weight excluding hydrogens is 1310 g/mol. The average molecular weight is 1440 g/mol. The molecule has 572 valence electrons. The second-order valence-electron chi connectivity index (χ2n) is 25.2. The van der Waals surface area contributed by atoms with Gasteiger partial charge in [0.05, 0.1) is 26.4 Å². The summed E-state index contributed by atoms with van der Waals surface area (Å²) in [6.45, 7) is 4.50. The molecular formula is C81H136O17P2. The molecule has 0 amide bonds. The number of carbonyl (C=O) groups excluding carboxylic acids is 4. The van der Waals surface area contributed by atoms with Gasteiger partial charge >= 0.3 is 39.5 Å². The van der Waals surface area contributed by atoms with Gasteiger partial charge in [-0.1, -0.05) is 296 Å². The first-order valence-corrected chi connectivity index (χ1v) is 41.4. The van der Waals surface area contributed by atoms with E-state index in [1.165, 1.54) is 77.0 Å². The van der Waals surface area contributed by atoms with E-state index in [-0.39, 0.29) is 25.7 Å². The lowest BCUT2D eigenvalue weighted by atomic mass is 10.1. The number of hydrogen-bond acceptors (Lipinski definition) is 15. The van der Waals surface area contributed by atoms with Gasteiger partial charge in [0.25, 0.3) is 0 Å². The van der Waals surface area contributed by atoms with Crippen molar-refractivity contribution in [3.05, 3.63) is 134 Å². The molecule has 0 bridgehead atoms. The second kappa shape index (κ2) is 72.5. The van der Waals surface area contributed by atoms with Crippen LogP contribution in [0.15, 0.2) is 134 Å². The highest BCUT2D eigenvalue weighted by atomic mass is 31.2. The summed E-state index contributed by atoms with van der Waals surface area (Å²) in [5.74, 6) is -2.31. The number of ether oxygens (including phenoxy) is 4. The SMILES string of the molecule is CC/C=C\C/C=C\C/C=C\C/C=C\C/C=C\C/C=C\CCC(=O)OCC(COP(=O)(O)OCC(O)COP(=O)(O)OCC(COC(=O)CCCCC/C=C\C/C=C\C/C=C\C/C=C\C/C=C\CC)OC(=O)CCCCCCCCCCCCC)OC(=O)CCCCCCCCCCCCC. The molecule has 0 radical (unpaired) electrons. The normalized spacial score (nSPS) is 14.7. The van der Waals surface area contributed by atoms with E-state index in [4.69, 9.17) is 37.0 Å². The maximum Gasteiger partial charge on any atom is 0.472 e. The predicted molar refractivity (Wildman–Crippen MR) is 408 cm³/mol. The van der Waals surface area contributed by atoms with Crippen LogP contribution in [-0.2, 0) is 65.4 Å². The summed E-state index contributed by atoms with van der Waals surface area (Å²) in [7, 11) is -9.97. The van der Waals surface area contributed by atoms with Crippen molar-refractivity contribution in [1.29, 1.82) is 0 Å². The highest BCUT2D eigenvalue weighted by Gasteiger charge is 2.30. The van der Waals surface area contributed by atoms with E-state index >= 15 is 0 Å². The lowest BCUT2D eigenvalue weighted by molar-refractivity contribution is -0.161. The van der Waals surface area contributed by atoms with Crippen LogP contribution in [0, 0.1) is 0 Å². The van der Waals surface area contributed by atoms with Gasteiger partial charge < -0.3 is 33.8 Å². The highest BCUT2D eigenvalue weighted by molar-refractivity contribution is 7.47. The summed E-state index contributed by atoms with van der Waals surface area (Å²) in [5.41, 5.74) is 0. The van der Waals surface area contributed by atoms with Gasteiger partial charge in [0.1, 0.15) is 19.3 Å². The number of esters is 4. The van der Waals surface area contributed by atoms with Crippen LogP contribution in [0.4, 0.5) is 0 Å². The number of phosphoric ester groups is 2. The molecule has 5 unspecified atom stereocenters. The Kier molecular flexibility index (Phi) is 69.1. The molecule has 0 heterocycles. The molecule has 5 atom stereocenters. The molecule has 0 aliphatic rings. The standard InChI is InChI=1S/C81H136O17P2/c1-5-9-13-17-21-25-29-31-33-35-37-39-41-43-47-49-53-57-61-65-78(83)91-71-76(97-80(85)67-63-59-55-51-45-27-23-19-15-11-7-3)73-95-99(87,88)93-69-75(82)70-94-100(89,90)96-74-77(98-81(86)68-64-60-56-52-46-28-24-20-16-12-8-4)72-92-79(84)66-62-58-54-50-48-44-42-40-38-36-34-32-30-26-22-18-14-10-6-2/h9-10,13-14,21-22,25-26,31-34,37-40,43-44,47-48,53,57,75-77,82H,5-8,11-12,15-20,23-24,27-30,35-36,41-42,45-46,49-52,54-56,58-74H2,1-4H3,(H,87,88)(H,89,90)/b13-9-,14-10-,25-21-,26-22-,33-31-,34-32-,39-37-,40-38-,47-43-,48-44-,57-53-. The lowest BCUT2D eigenvalue weighted by Gasteiger charge is -2.21. The van der Waals surface area contributed by atoms with Crippen molar-refractivity contribution in [2.75, 3.05) is 39.6 Å². The third-order valence-electron chi connectivity index (χ3n) is 15.7. The molecule has 0 aliphatic heterocycles. The fraction of sp³-hybridized carbons (Fsp3) is 0.679. The zero-order valence-electron chi connectivity index (χ0n) is 62.3. The zero-order chi connectivity index (χ0) is 73.2. The number of rotatable bonds is 71. The van der Waals surface area contributed by atoms with Gasteiger partial charge in [0, 0.05) is 25.7 Å². The predicted octanol–water partition coefficient (Wildman–Crippen LogP) is 22.1. The molecule has 100 heavy (non-hydrogen) atoms. The zero-order valence-corrected chi connectivity index (χ0v) is 64.1. The molecule has 0 aromatic rings. The topological polar surface area (TPSA) is 237 Å². The van der Waals surface area contributed by atoms with Gasteiger partial charge in [-0.25, -0.2) is 9.13 Å². The largest absolute Gasteiger partial charge is 0.472 e. The Labute approximate surface area is 605 Å². The van der Waals surface area contributed by atoms with E-state index in [1.54, 1.807) is 0 Å². The molecule has 0 aromatic carbocycles. The maximum absolute atomic E-state index is 13.1. The second-order valence-corrected chi connectivity index (χ2v) is 28.1. The van der Waals surface area contributed by atoms with Crippen LogP contribution < -0.4 is 0 Å². The Hall–Kier alpha value is -4.80. The third kappa shape index (κ3) is 71.6. The van der Waals surface area contributed by atoms with Gasteiger partial charge in [0.15, 0.2) is 12.2 Å². The molecule has 19 heteroatoms. The fourth-order valence-corrected chi connectivity index (χ4v) is 11.4. The quantitative estimate of drug-likeness (QED) is 0.0169. The minimum Gasteiger partial charge on any atom is -0.462 e. The molecule has 17 nitrogen and oxygen atoms in total. The van der Waals surface area contributed by atoms with Crippen LogP contribution in [0.5, 0.6) is 0 Å². The van der Waals surface area contributed by atoms with Crippen molar-refractivity contribution in [2.24, 2.45) is 0 Å². The van der Waals surface area contributed by atoms with Crippen molar-refractivity contribution >= 4 is 39.5 Å². The minimum absolute atomic E-state index is 0.0352. The van der Waals surface area contributed by atoms with Gasteiger partial charge in [-0.05, 0) is 109 Å². The summed E-state index contributed by atoms with van der Waals surface area (Å²) >= 11 is 0. The van der Waals surface area contributed by atoms with Crippen molar-refractivity contribution in [3.63, 3.8) is 0 Å². The Morgan fingerprint density at radius 2 is 0.540 bits per heavy atom. The Morgan fingerprint density at radius 3 is 0.860 bits per heavy atom. The number of allylic oxidation sites excluding steroid dienone is 22. The monoisotopic (exact) mass is 1440 g/mol. The van der Waals surface area contributed by atoms with Gasteiger partial charge in [-0.3, -0.25) is 37.3 Å². The van der Waals surface area contributed by atoms with Crippen LogP contribution in [0.1, 0.15) is 297 Å². The van der Waals surface area contributed by atoms with Crippen molar-refractivity contribution in [1.82, 2.24) is 0 Å². The molecule has 0 fully saturated rings. The van der Waals surface area contributed by atoms with E-state index in [1.807, 2.05) is 18.2 Å². The van der Waals surface area contributed by atoms with E-state index in [0.29, 0.717) is 32.1 Å². The molecule has 0 rings (SSSR count). The average Bonchev–Trinajstić information content (AvgIpc) is 0.953. The first-order valence-electron chi connectivity index (χ1n) is 38.4. The number of aliphatic hydroxyl groups excluding tert-OH is 1. The lowest BCUT2D eigenvalue weighted by Crippen LogP contribution is -2.30. The summed E-state index contributed by atoms with van der Waals surface area (Å²) in [5, 5.41) is 10.6. The highest BCUT2D eigenvalue weighted by Crippen LogP contribution is 2.45. The molecule has 0 aromatic heterocycles. The molecule has 0 spiro atoms. The van der Waals surface area contributed by atoms with Crippen LogP contribution in [0.25, 0.3) is 0 Å². The first-order chi connectivity index (χ1) is 48.7. The minimum atomic E-state index is -4.99. The van der Waals surface area contributed by atoms with Crippen LogP contribution in [0.3, 0.4) is 0 Å². The van der Waals surface area contributed by atoms with E-state index in [9.17, 15) is 43.2 Å². The summed E-state index contributed by atoms with van der Waals surface area (Å²) in [4.78, 5) is 72.7. The van der Waals surface area contributed by atoms with Crippen molar-refractivity contribution in [2.45, 2.75) is 316 Å². The third-order valence-corrected chi connectivity index (χ3v) is 17.6. The van der Waals surface area contributed by atoms with Crippen LogP contribution >= 0.6 is 15.6 Å². The van der Waals surface area contributed by atoms with Crippen molar-refractivity contribution in [3.8, 4) is 0 Å². The van der Waals surface area contributed by atoms with Crippen molar-refractivity contribution < 1.29 is 80.2 Å². The Balaban J connectivity index is 5.37. The van der Waals surface area contributed by atoms with Gasteiger partial charge in [-0.15, -0.1) is 0 Å². The van der Waals surface area contributed by atoms with Crippen LogP contribution in [-0.4, -0.2) is 96.7 Å². The summed E-state index contributed by atoms with van der Waals surface area (Å²) in [6.07, 6.45) is 80.4. The number of carbonyl (C=O) groups is 4.